The lowest BCUT2D eigenvalue weighted by Crippen LogP contribution is -2.19. The third kappa shape index (κ3) is 6.42. The molecular formula is C33H28F2N4O2. The zero-order valence-electron chi connectivity index (χ0n) is 22.7. The van der Waals surface area contributed by atoms with E-state index in [1.54, 1.807) is 12.1 Å². The Hall–Kier alpha value is -5.03. The fourth-order valence-electron chi connectivity index (χ4n) is 4.98. The summed E-state index contributed by atoms with van der Waals surface area (Å²) in [5.74, 6) is 3.44. The average Bonchev–Trinajstić information content (AvgIpc) is 3.30. The van der Waals surface area contributed by atoms with Crippen LogP contribution < -0.4 is 16.0 Å². The molecule has 1 atom stereocenters. The van der Waals surface area contributed by atoms with Crippen LogP contribution in [0.1, 0.15) is 50.8 Å². The first kappa shape index (κ1) is 27.5. The molecule has 3 N–H and O–H groups in total. The number of fused-ring (bicyclic) bond motifs is 1. The van der Waals surface area contributed by atoms with Crippen LogP contribution in [-0.2, 0) is 17.8 Å². The van der Waals surface area contributed by atoms with Crippen LogP contribution in [0.5, 0.6) is 0 Å². The molecule has 4 aromatic rings. The molecule has 3 aromatic carbocycles. The number of carbonyl (C=O) groups is 2. The van der Waals surface area contributed by atoms with Gasteiger partial charge in [0.25, 0.3) is 5.91 Å². The Bertz CT molecular complexity index is 1680. The van der Waals surface area contributed by atoms with Gasteiger partial charge >= 0.3 is 0 Å². The molecular weight excluding hydrogens is 522 g/mol. The van der Waals surface area contributed by atoms with Crippen LogP contribution in [0.4, 0.5) is 14.5 Å². The lowest BCUT2D eigenvalue weighted by molar-refractivity contribution is -0.118. The maximum absolute atomic E-state index is 14.0. The average molecular weight is 551 g/mol. The smallest absolute Gasteiger partial charge is 0.251 e. The zero-order chi connectivity index (χ0) is 29.1. The summed E-state index contributed by atoms with van der Waals surface area (Å²) in [5.41, 5.74) is 11.7. The SMILES string of the molecule is CN(C)c1ccc(C#Cc2ccc(-c3ccc4c(c3)C(=O)NC4)c([C@H](CC(N)=O)Cc3cc(F)cc(F)c3)n2)cc1. The number of anilines is 1. The van der Waals surface area contributed by atoms with Crippen LogP contribution in [-0.4, -0.2) is 30.9 Å². The van der Waals surface area contributed by atoms with Crippen molar-refractivity contribution in [1.82, 2.24) is 10.3 Å². The molecule has 41 heavy (non-hydrogen) atoms. The number of hydrogen-bond acceptors (Lipinski definition) is 4. The van der Waals surface area contributed by atoms with E-state index in [2.05, 4.69) is 17.2 Å². The molecule has 8 heteroatoms. The number of rotatable bonds is 7. The minimum Gasteiger partial charge on any atom is -0.378 e. The van der Waals surface area contributed by atoms with Gasteiger partial charge in [-0.25, -0.2) is 13.8 Å². The standard InChI is InChI=1S/C33H28F2N4O2/c1-39(2)28-10-4-20(5-11-28)3-8-27-9-12-29(22-6-7-23-19-37-33(41)30(23)16-22)32(38-27)24(17-31(36)40)13-21-14-25(34)18-26(35)15-21/h4-7,9-12,14-16,18,24H,13,17,19H2,1-2H3,(H2,36,40)(H,37,41)/t24-/m0/s1. The van der Waals surface area contributed by atoms with Gasteiger partial charge in [0.15, 0.2) is 0 Å². The minimum absolute atomic E-state index is 0.105. The largest absolute Gasteiger partial charge is 0.378 e. The van der Waals surface area contributed by atoms with Crippen LogP contribution in [0.3, 0.4) is 0 Å². The van der Waals surface area contributed by atoms with E-state index in [4.69, 9.17) is 10.7 Å². The molecule has 6 nitrogen and oxygen atoms in total. The van der Waals surface area contributed by atoms with Crippen molar-refractivity contribution in [2.75, 3.05) is 19.0 Å². The van der Waals surface area contributed by atoms with Gasteiger partial charge in [0, 0.05) is 61.4 Å². The van der Waals surface area contributed by atoms with Gasteiger partial charge in [0.05, 0.1) is 5.69 Å². The number of nitrogens with zero attached hydrogens (tertiary/aromatic N) is 2. The summed E-state index contributed by atoms with van der Waals surface area (Å²) < 4.78 is 28.1. The number of hydrogen-bond donors (Lipinski definition) is 2. The molecule has 0 aliphatic carbocycles. The van der Waals surface area contributed by atoms with E-state index < -0.39 is 23.5 Å². The summed E-state index contributed by atoms with van der Waals surface area (Å²) in [7, 11) is 3.92. The Labute approximate surface area is 237 Å². The van der Waals surface area contributed by atoms with Gasteiger partial charge in [-0.3, -0.25) is 9.59 Å². The number of benzene rings is 3. The zero-order valence-corrected chi connectivity index (χ0v) is 22.7. The van der Waals surface area contributed by atoms with E-state index in [0.29, 0.717) is 34.6 Å². The number of halogens is 2. The van der Waals surface area contributed by atoms with Crippen molar-refractivity contribution in [1.29, 1.82) is 0 Å². The van der Waals surface area contributed by atoms with Gasteiger partial charge in [0.2, 0.25) is 5.91 Å². The number of aromatic nitrogens is 1. The molecule has 2 amide bonds. The number of primary amides is 1. The molecule has 0 saturated heterocycles. The summed E-state index contributed by atoms with van der Waals surface area (Å²) in [4.78, 5) is 31.4. The Morgan fingerprint density at radius 2 is 1.71 bits per heavy atom. The van der Waals surface area contributed by atoms with Crippen molar-refractivity contribution in [3.63, 3.8) is 0 Å². The van der Waals surface area contributed by atoms with Crippen molar-refractivity contribution >= 4 is 17.5 Å². The molecule has 2 heterocycles. The van der Waals surface area contributed by atoms with Crippen LogP contribution in [0.15, 0.2) is 72.8 Å². The van der Waals surface area contributed by atoms with Crippen molar-refractivity contribution in [3.05, 3.63) is 118 Å². The predicted octanol–water partition coefficient (Wildman–Crippen LogP) is 4.94. The van der Waals surface area contributed by atoms with E-state index >= 15 is 0 Å². The summed E-state index contributed by atoms with van der Waals surface area (Å²) in [5, 5.41) is 2.81. The van der Waals surface area contributed by atoms with E-state index in [1.165, 1.54) is 12.1 Å². The highest BCUT2D eigenvalue weighted by molar-refractivity contribution is 5.99. The quantitative estimate of drug-likeness (QED) is 0.319. The maximum Gasteiger partial charge on any atom is 0.251 e. The molecule has 0 bridgehead atoms. The molecule has 1 aliphatic rings. The van der Waals surface area contributed by atoms with Crippen LogP contribution in [0.25, 0.3) is 11.1 Å². The fraction of sp³-hybridized carbons (Fsp3) is 0.182. The van der Waals surface area contributed by atoms with Crippen LogP contribution in [0.2, 0.25) is 0 Å². The van der Waals surface area contributed by atoms with E-state index in [0.717, 1.165) is 28.4 Å². The molecule has 5 rings (SSSR count). The molecule has 0 saturated carbocycles. The van der Waals surface area contributed by atoms with Gasteiger partial charge in [-0.05, 0) is 83.6 Å². The van der Waals surface area contributed by atoms with E-state index in [9.17, 15) is 18.4 Å². The second kappa shape index (κ2) is 11.6. The molecule has 0 unspecified atom stereocenters. The number of carbonyl (C=O) groups excluding carboxylic acids is 2. The van der Waals surface area contributed by atoms with E-state index in [-0.39, 0.29) is 18.7 Å². The second-order valence-electron chi connectivity index (χ2n) is 10.2. The topological polar surface area (TPSA) is 88.3 Å². The summed E-state index contributed by atoms with van der Waals surface area (Å²) in [6.07, 6.45) is 0.0123. The fourth-order valence-corrected chi connectivity index (χ4v) is 4.98. The van der Waals surface area contributed by atoms with Gasteiger partial charge in [-0.15, -0.1) is 0 Å². The van der Waals surface area contributed by atoms with E-state index in [1.807, 2.05) is 61.5 Å². The van der Waals surface area contributed by atoms with Crippen molar-refractivity contribution in [2.45, 2.75) is 25.3 Å². The highest BCUT2D eigenvalue weighted by Crippen LogP contribution is 2.34. The first-order chi connectivity index (χ1) is 19.7. The number of amides is 2. The van der Waals surface area contributed by atoms with Crippen LogP contribution >= 0.6 is 0 Å². The highest BCUT2D eigenvalue weighted by atomic mass is 19.1. The number of pyridine rings is 1. The number of nitrogens with one attached hydrogen (secondary N) is 1. The van der Waals surface area contributed by atoms with Gasteiger partial charge in [-0.1, -0.05) is 18.1 Å². The number of nitrogens with two attached hydrogens (primary N) is 1. The minimum atomic E-state index is -0.712. The Balaban J connectivity index is 1.60. The van der Waals surface area contributed by atoms with Crippen molar-refractivity contribution < 1.29 is 18.4 Å². The molecule has 0 fully saturated rings. The van der Waals surface area contributed by atoms with Gasteiger partial charge in [-0.2, -0.15) is 0 Å². The summed E-state index contributed by atoms with van der Waals surface area (Å²) >= 11 is 0. The molecule has 1 aromatic heterocycles. The third-order valence-electron chi connectivity index (χ3n) is 6.99. The molecule has 0 spiro atoms. The third-order valence-corrected chi connectivity index (χ3v) is 6.99. The lowest BCUT2D eigenvalue weighted by Gasteiger charge is -2.20. The van der Waals surface area contributed by atoms with Crippen molar-refractivity contribution in [2.24, 2.45) is 5.73 Å². The first-order valence-corrected chi connectivity index (χ1v) is 13.1. The maximum atomic E-state index is 14.0. The molecule has 1 aliphatic heterocycles. The Morgan fingerprint density at radius 3 is 2.39 bits per heavy atom. The van der Waals surface area contributed by atoms with Gasteiger partial charge in [0.1, 0.15) is 17.3 Å². The highest BCUT2D eigenvalue weighted by Gasteiger charge is 2.24. The van der Waals surface area contributed by atoms with Gasteiger partial charge < -0.3 is 16.0 Å². The molecule has 0 radical (unpaired) electrons. The normalized spacial score (nSPS) is 12.6. The Morgan fingerprint density at radius 1 is 0.976 bits per heavy atom. The van der Waals surface area contributed by atoms with Crippen LogP contribution in [0, 0.1) is 23.5 Å². The Kier molecular flexibility index (Phi) is 7.79. The monoisotopic (exact) mass is 550 g/mol. The lowest BCUT2D eigenvalue weighted by atomic mass is 9.87. The predicted molar refractivity (Wildman–Crippen MR) is 154 cm³/mol. The summed E-state index contributed by atoms with van der Waals surface area (Å²) in [6.45, 7) is 0.457. The van der Waals surface area contributed by atoms with Crippen molar-refractivity contribution in [3.8, 4) is 23.0 Å². The second-order valence-corrected chi connectivity index (χ2v) is 10.2. The molecule has 206 valence electrons. The summed E-state index contributed by atoms with van der Waals surface area (Å²) in [6, 6.07) is 20.2. The first-order valence-electron chi connectivity index (χ1n) is 13.1.